The van der Waals surface area contributed by atoms with Gasteiger partial charge in [-0.25, -0.2) is 4.39 Å². The molecule has 0 aliphatic heterocycles. The summed E-state index contributed by atoms with van der Waals surface area (Å²) in [6, 6.07) is 14.3. The van der Waals surface area contributed by atoms with Crippen molar-refractivity contribution in [3.63, 3.8) is 0 Å². The van der Waals surface area contributed by atoms with Crippen molar-refractivity contribution in [1.82, 2.24) is 0 Å². The first-order valence-corrected chi connectivity index (χ1v) is 6.62. The molecule has 20 heavy (non-hydrogen) atoms. The molecule has 1 unspecified atom stereocenters. The largest absolute Gasteiger partial charge is 0.481 e. The van der Waals surface area contributed by atoms with Gasteiger partial charge in [-0.05, 0) is 29.5 Å². The Morgan fingerprint density at radius 2 is 1.80 bits per heavy atom. The molecule has 1 atom stereocenters. The SMILES string of the molecule is CC(CC(=O)O)Cc1ccc(-c2ccccc2F)cc1. The maximum absolute atomic E-state index is 13.7. The Labute approximate surface area is 117 Å². The summed E-state index contributed by atoms with van der Waals surface area (Å²) >= 11 is 0. The monoisotopic (exact) mass is 272 g/mol. The molecule has 0 bridgehead atoms. The summed E-state index contributed by atoms with van der Waals surface area (Å²) in [5.41, 5.74) is 2.48. The summed E-state index contributed by atoms with van der Waals surface area (Å²) in [7, 11) is 0. The highest BCUT2D eigenvalue weighted by atomic mass is 19.1. The van der Waals surface area contributed by atoms with Crippen LogP contribution in [0.1, 0.15) is 18.9 Å². The van der Waals surface area contributed by atoms with Crippen LogP contribution in [0.5, 0.6) is 0 Å². The summed E-state index contributed by atoms with van der Waals surface area (Å²) in [5, 5.41) is 8.74. The Balaban J connectivity index is 2.11. The van der Waals surface area contributed by atoms with Gasteiger partial charge in [-0.15, -0.1) is 0 Å². The fourth-order valence-corrected chi connectivity index (χ4v) is 2.29. The second kappa shape index (κ2) is 6.33. The number of carboxylic acids is 1. The molecule has 2 aromatic carbocycles. The Bertz CT molecular complexity index is 590. The van der Waals surface area contributed by atoms with Gasteiger partial charge in [0.15, 0.2) is 0 Å². The molecule has 0 aromatic heterocycles. The second-order valence-corrected chi connectivity index (χ2v) is 5.08. The number of halogens is 1. The van der Waals surface area contributed by atoms with Crippen LogP contribution in [0.2, 0.25) is 0 Å². The van der Waals surface area contributed by atoms with Crippen molar-refractivity contribution in [2.75, 3.05) is 0 Å². The molecule has 0 saturated carbocycles. The van der Waals surface area contributed by atoms with E-state index < -0.39 is 5.97 Å². The number of hydrogen-bond acceptors (Lipinski definition) is 1. The Hall–Kier alpha value is -2.16. The molecule has 0 saturated heterocycles. The van der Waals surface area contributed by atoms with Crippen molar-refractivity contribution in [2.24, 2.45) is 5.92 Å². The van der Waals surface area contributed by atoms with E-state index in [-0.39, 0.29) is 18.2 Å². The third-order valence-corrected chi connectivity index (χ3v) is 3.25. The van der Waals surface area contributed by atoms with Crippen LogP contribution in [0.3, 0.4) is 0 Å². The second-order valence-electron chi connectivity index (χ2n) is 5.08. The van der Waals surface area contributed by atoms with Crippen molar-refractivity contribution >= 4 is 5.97 Å². The average molecular weight is 272 g/mol. The van der Waals surface area contributed by atoms with E-state index in [0.717, 1.165) is 11.1 Å². The lowest BCUT2D eigenvalue weighted by Crippen LogP contribution is -2.06. The van der Waals surface area contributed by atoms with E-state index in [1.54, 1.807) is 18.2 Å². The van der Waals surface area contributed by atoms with Crippen molar-refractivity contribution in [3.8, 4) is 11.1 Å². The summed E-state index contributed by atoms with van der Waals surface area (Å²) in [6.45, 7) is 1.92. The van der Waals surface area contributed by atoms with Crippen molar-refractivity contribution in [1.29, 1.82) is 0 Å². The van der Waals surface area contributed by atoms with Gasteiger partial charge in [0.1, 0.15) is 5.82 Å². The first-order valence-electron chi connectivity index (χ1n) is 6.62. The van der Waals surface area contributed by atoms with Gasteiger partial charge in [0.05, 0.1) is 0 Å². The lowest BCUT2D eigenvalue weighted by atomic mass is 9.96. The molecule has 0 radical (unpaired) electrons. The lowest BCUT2D eigenvalue weighted by Gasteiger charge is -2.09. The van der Waals surface area contributed by atoms with E-state index in [1.807, 2.05) is 31.2 Å². The molecule has 3 heteroatoms. The number of hydrogen-bond donors (Lipinski definition) is 1. The molecule has 2 nitrogen and oxygen atoms in total. The fourth-order valence-electron chi connectivity index (χ4n) is 2.29. The predicted octanol–water partition coefficient (Wildman–Crippen LogP) is 4.15. The summed E-state index contributed by atoms with van der Waals surface area (Å²) in [4.78, 5) is 10.6. The third-order valence-electron chi connectivity index (χ3n) is 3.25. The minimum Gasteiger partial charge on any atom is -0.481 e. The smallest absolute Gasteiger partial charge is 0.303 e. The van der Waals surface area contributed by atoms with Crippen LogP contribution < -0.4 is 0 Å². The summed E-state index contributed by atoms with van der Waals surface area (Å²) < 4.78 is 13.7. The van der Waals surface area contributed by atoms with E-state index >= 15 is 0 Å². The van der Waals surface area contributed by atoms with Gasteiger partial charge in [0.2, 0.25) is 0 Å². The van der Waals surface area contributed by atoms with Crippen LogP contribution in [0, 0.1) is 11.7 Å². The minimum absolute atomic E-state index is 0.0896. The average Bonchev–Trinajstić information content (AvgIpc) is 2.39. The highest BCUT2D eigenvalue weighted by molar-refractivity contribution is 5.67. The number of rotatable bonds is 5. The lowest BCUT2D eigenvalue weighted by molar-refractivity contribution is -0.137. The minimum atomic E-state index is -0.777. The molecule has 1 N–H and O–H groups in total. The molecule has 0 amide bonds. The molecular formula is C17H17FO2. The van der Waals surface area contributed by atoms with Gasteiger partial charge < -0.3 is 5.11 Å². The molecule has 2 aromatic rings. The van der Waals surface area contributed by atoms with Crippen LogP contribution in [-0.4, -0.2) is 11.1 Å². The Morgan fingerprint density at radius 1 is 1.15 bits per heavy atom. The van der Waals surface area contributed by atoms with Gasteiger partial charge in [0.25, 0.3) is 0 Å². The van der Waals surface area contributed by atoms with E-state index in [0.29, 0.717) is 12.0 Å². The number of carbonyl (C=O) groups is 1. The zero-order valence-electron chi connectivity index (χ0n) is 11.3. The number of benzene rings is 2. The van der Waals surface area contributed by atoms with Gasteiger partial charge in [-0.2, -0.15) is 0 Å². The van der Waals surface area contributed by atoms with E-state index in [1.165, 1.54) is 6.07 Å². The van der Waals surface area contributed by atoms with Crippen LogP contribution in [-0.2, 0) is 11.2 Å². The highest BCUT2D eigenvalue weighted by Gasteiger charge is 2.09. The predicted molar refractivity (Wildman–Crippen MR) is 77.0 cm³/mol. The van der Waals surface area contributed by atoms with Crippen LogP contribution >= 0.6 is 0 Å². The van der Waals surface area contributed by atoms with Gasteiger partial charge in [0, 0.05) is 12.0 Å². The standard InChI is InChI=1S/C17H17FO2/c1-12(11-17(19)20)10-13-6-8-14(9-7-13)15-4-2-3-5-16(15)18/h2-9,12H,10-11H2,1H3,(H,19,20). The maximum Gasteiger partial charge on any atom is 0.303 e. The van der Waals surface area contributed by atoms with Crippen molar-refractivity contribution in [2.45, 2.75) is 19.8 Å². The van der Waals surface area contributed by atoms with E-state index in [4.69, 9.17) is 5.11 Å². The highest BCUT2D eigenvalue weighted by Crippen LogP contribution is 2.23. The quantitative estimate of drug-likeness (QED) is 0.888. The topological polar surface area (TPSA) is 37.3 Å². The van der Waals surface area contributed by atoms with Gasteiger partial charge in [-0.1, -0.05) is 49.4 Å². The Morgan fingerprint density at radius 3 is 2.40 bits per heavy atom. The zero-order valence-corrected chi connectivity index (χ0v) is 11.3. The molecule has 2 rings (SSSR count). The molecule has 0 aliphatic rings. The van der Waals surface area contributed by atoms with Crippen LogP contribution in [0.15, 0.2) is 48.5 Å². The summed E-state index contributed by atoms with van der Waals surface area (Å²) in [6.07, 6.45) is 0.874. The first-order chi connectivity index (χ1) is 9.56. The normalized spacial score (nSPS) is 12.1. The number of aliphatic carboxylic acids is 1. The molecule has 104 valence electrons. The third kappa shape index (κ3) is 3.67. The number of carboxylic acid groups (broad SMARTS) is 1. The molecule has 0 spiro atoms. The zero-order chi connectivity index (χ0) is 14.5. The van der Waals surface area contributed by atoms with Gasteiger partial charge >= 0.3 is 5.97 Å². The van der Waals surface area contributed by atoms with Crippen molar-refractivity contribution < 1.29 is 14.3 Å². The Kier molecular flexibility index (Phi) is 4.51. The maximum atomic E-state index is 13.7. The van der Waals surface area contributed by atoms with Crippen LogP contribution in [0.25, 0.3) is 11.1 Å². The first kappa shape index (κ1) is 14.3. The van der Waals surface area contributed by atoms with E-state index in [9.17, 15) is 9.18 Å². The molecular weight excluding hydrogens is 255 g/mol. The fraction of sp³-hybridized carbons (Fsp3) is 0.235. The van der Waals surface area contributed by atoms with Crippen LogP contribution in [0.4, 0.5) is 4.39 Å². The van der Waals surface area contributed by atoms with Gasteiger partial charge in [-0.3, -0.25) is 4.79 Å². The van der Waals surface area contributed by atoms with Crippen molar-refractivity contribution in [3.05, 3.63) is 59.9 Å². The molecule has 0 heterocycles. The van der Waals surface area contributed by atoms with E-state index in [2.05, 4.69) is 0 Å². The summed E-state index contributed by atoms with van der Waals surface area (Å²) in [5.74, 6) is -0.924. The molecule has 0 fully saturated rings. The molecule has 0 aliphatic carbocycles.